The molecule has 1 atom stereocenters. The van der Waals surface area contributed by atoms with Crippen LogP contribution in [0.1, 0.15) is 36.7 Å². The zero-order valence-electron chi connectivity index (χ0n) is 18.9. The van der Waals surface area contributed by atoms with E-state index in [9.17, 15) is 19.2 Å². The van der Waals surface area contributed by atoms with Crippen LogP contribution in [0.25, 0.3) is 11.0 Å². The van der Waals surface area contributed by atoms with Crippen LogP contribution in [0.3, 0.4) is 0 Å². The second-order valence-corrected chi connectivity index (χ2v) is 7.28. The van der Waals surface area contributed by atoms with Crippen molar-refractivity contribution in [1.29, 1.82) is 0 Å². The summed E-state index contributed by atoms with van der Waals surface area (Å²) in [6.45, 7) is 6.55. The molecule has 0 aliphatic rings. The van der Waals surface area contributed by atoms with Gasteiger partial charge in [-0.15, -0.1) is 0 Å². The first-order valence-corrected chi connectivity index (χ1v) is 10.2. The summed E-state index contributed by atoms with van der Waals surface area (Å²) in [4.78, 5) is 56.2. The summed E-state index contributed by atoms with van der Waals surface area (Å²) in [5, 5.41) is 0.240. The van der Waals surface area contributed by atoms with E-state index in [4.69, 9.17) is 9.47 Å². The summed E-state index contributed by atoms with van der Waals surface area (Å²) in [6, 6.07) is 0. The van der Waals surface area contributed by atoms with Crippen molar-refractivity contribution >= 4 is 22.9 Å². The first-order valence-electron chi connectivity index (χ1n) is 10.2. The quantitative estimate of drug-likeness (QED) is 0.417. The molecule has 2 rings (SSSR count). The van der Waals surface area contributed by atoms with Crippen LogP contribution in [0.4, 0.5) is 0 Å². The molecular weight excluding hydrogens is 404 g/mol. The Balaban J connectivity index is 2.60. The van der Waals surface area contributed by atoms with Gasteiger partial charge in [0.1, 0.15) is 5.65 Å². The summed E-state index contributed by atoms with van der Waals surface area (Å²) >= 11 is 0. The molecule has 0 aliphatic heterocycles. The van der Waals surface area contributed by atoms with Crippen LogP contribution in [-0.2, 0) is 34.8 Å². The Labute approximate surface area is 180 Å². The molecule has 2 heterocycles. The van der Waals surface area contributed by atoms with E-state index in [-0.39, 0.29) is 35.6 Å². The van der Waals surface area contributed by atoms with Crippen molar-refractivity contribution in [3.05, 3.63) is 38.2 Å². The molecule has 0 aromatic carbocycles. The molecule has 0 N–H and O–H groups in total. The van der Waals surface area contributed by atoms with Crippen molar-refractivity contribution in [1.82, 2.24) is 19.0 Å². The number of esters is 1. The van der Waals surface area contributed by atoms with Crippen LogP contribution >= 0.6 is 0 Å². The summed E-state index contributed by atoms with van der Waals surface area (Å²) in [5.41, 5.74) is 0.0141. The third-order valence-electron chi connectivity index (χ3n) is 5.26. The standard InChI is InChI=1S/C21H30N4O6/c1-7-14-15(11-22-17-16(14)19(27)24(5)21(29)23(17)4)18(26)25(9-10-31-8-2)12-13(3)20(28)30-6/h11,13H,7-10,12H2,1-6H3/t13-/m1/s1. The van der Waals surface area contributed by atoms with Crippen LogP contribution in [-0.4, -0.2) is 64.3 Å². The maximum absolute atomic E-state index is 13.5. The molecule has 0 saturated carbocycles. The predicted molar refractivity (Wildman–Crippen MR) is 115 cm³/mol. The van der Waals surface area contributed by atoms with Gasteiger partial charge in [-0.25, -0.2) is 9.78 Å². The number of ether oxygens (including phenoxy) is 2. The Kier molecular flexibility index (Phi) is 8.09. The van der Waals surface area contributed by atoms with E-state index in [1.165, 1.54) is 36.9 Å². The molecule has 2 aromatic rings. The topological polar surface area (TPSA) is 113 Å². The van der Waals surface area contributed by atoms with Gasteiger partial charge in [0.2, 0.25) is 0 Å². The van der Waals surface area contributed by atoms with Gasteiger partial charge in [0.25, 0.3) is 11.5 Å². The highest BCUT2D eigenvalue weighted by Gasteiger charge is 2.26. The normalized spacial score (nSPS) is 12.1. The smallest absolute Gasteiger partial charge is 0.332 e. The van der Waals surface area contributed by atoms with Crippen LogP contribution < -0.4 is 11.2 Å². The molecule has 0 bridgehead atoms. The zero-order valence-corrected chi connectivity index (χ0v) is 18.9. The number of carbonyl (C=O) groups excluding carboxylic acids is 2. The number of amides is 1. The number of nitrogens with zero attached hydrogens (tertiary/aromatic N) is 4. The van der Waals surface area contributed by atoms with Crippen molar-refractivity contribution in [3.8, 4) is 0 Å². The van der Waals surface area contributed by atoms with Gasteiger partial charge in [0.15, 0.2) is 0 Å². The molecule has 31 heavy (non-hydrogen) atoms. The van der Waals surface area contributed by atoms with E-state index < -0.39 is 23.1 Å². The first-order chi connectivity index (χ1) is 14.7. The third kappa shape index (κ3) is 4.84. The van der Waals surface area contributed by atoms with E-state index in [2.05, 4.69) is 4.98 Å². The molecule has 0 saturated heterocycles. The zero-order chi connectivity index (χ0) is 23.3. The number of hydrogen-bond acceptors (Lipinski definition) is 7. The summed E-state index contributed by atoms with van der Waals surface area (Å²) in [5.74, 6) is -1.33. The average molecular weight is 434 g/mol. The highest BCUT2D eigenvalue weighted by Crippen LogP contribution is 2.20. The van der Waals surface area contributed by atoms with Crippen molar-refractivity contribution in [2.24, 2.45) is 20.0 Å². The van der Waals surface area contributed by atoms with Gasteiger partial charge in [-0.1, -0.05) is 13.8 Å². The lowest BCUT2D eigenvalue weighted by Gasteiger charge is -2.26. The third-order valence-corrected chi connectivity index (χ3v) is 5.26. The number of carbonyl (C=O) groups is 2. The number of pyridine rings is 1. The van der Waals surface area contributed by atoms with E-state index in [0.29, 0.717) is 25.2 Å². The Morgan fingerprint density at radius 2 is 1.87 bits per heavy atom. The maximum atomic E-state index is 13.5. The van der Waals surface area contributed by atoms with Crippen LogP contribution in [0.2, 0.25) is 0 Å². The van der Waals surface area contributed by atoms with E-state index >= 15 is 0 Å². The minimum atomic E-state index is -0.539. The molecule has 10 heteroatoms. The summed E-state index contributed by atoms with van der Waals surface area (Å²) in [6.07, 6.45) is 1.78. The minimum Gasteiger partial charge on any atom is -0.469 e. The molecule has 0 unspecified atom stereocenters. The lowest BCUT2D eigenvalue weighted by atomic mass is 10.0. The second-order valence-electron chi connectivity index (χ2n) is 7.28. The molecule has 2 aromatic heterocycles. The fourth-order valence-electron chi connectivity index (χ4n) is 3.51. The van der Waals surface area contributed by atoms with Crippen LogP contribution in [0, 0.1) is 5.92 Å². The molecule has 0 radical (unpaired) electrons. The molecule has 0 fully saturated rings. The Morgan fingerprint density at radius 1 is 1.19 bits per heavy atom. The number of hydrogen-bond donors (Lipinski definition) is 0. The predicted octanol–water partition coefficient (Wildman–Crippen LogP) is 0.482. The van der Waals surface area contributed by atoms with Crippen molar-refractivity contribution in [2.75, 3.05) is 33.4 Å². The van der Waals surface area contributed by atoms with E-state index in [0.717, 1.165) is 4.57 Å². The van der Waals surface area contributed by atoms with Gasteiger partial charge in [-0.3, -0.25) is 23.5 Å². The molecule has 1 amide bonds. The maximum Gasteiger partial charge on any atom is 0.332 e. The van der Waals surface area contributed by atoms with Crippen molar-refractivity contribution in [2.45, 2.75) is 27.2 Å². The SMILES string of the molecule is CCOCCN(C[C@@H](C)C(=O)OC)C(=O)c1cnc2c(c1CC)c(=O)n(C)c(=O)n2C. The fourth-order valence-corrected chi connectivity index (χ4v) is 3.51. The fraction of sp³-hybridized carbons (Fsp3) is 0.571. The Hall–Kier alpha value is -3.01. The Morgan fingerprint density at radius 3 is 2.45 bits per heavy atom. The summed E-state index contributed by atoms with van der Waals surface area (Å²) in [7, 11) is 4.22. The second kappa shape index (κ2) is 10.3. The minimum absolute atomic E-state index is 0.130. The van der Waals surface area contributed by atoms with Gasteiger partial charge in [0.05, 0.1) is 30.6 Å². The van der Waals surface area contributed by atoms with E-state index in [1.807, 2.05) is 13.8 Å². The van der Waals surface area contributed by atoms with Crippen LogP contribution in [0.15, 0.2) is 15.8 Å². The van der Waals surface area contributed by atoms with Gasteiger partial charge >= 0.3 is 11.7 Å². The van der Waals surface area contributed by atoms with Crippen molar-refractivity contribution < 1.29 is 19.1 Å². The number of rotatable bonds is 9. The average Bonchev–Trinajstić information content (AvgIpc) is 2.78. The number of methoxy groups -OCH3 is 1. The molecule has 0 aliphatic carbocycles. The highest BCUT2D eigenvalue weighted by atomic mass is 16.5. The molecule has 0 spiro atoms. The first kappa shape index (κ1) is 24.3. The monoisotopic (exact) mass is 434 g/mol. The van der Waals surface area contributed by atoms with E-state index in [1.54, 1.807) is 6.92 Å². The van der Waals surface area contributed by atoms with Gasteiger partial charge < -0.3 is 14.4 Å². The molecule has 10 nitrogen and oxygen atoms in total. The van der Waals surface area contributed by atoms with Gasteiger partial charge in [0, 0.05) is 40.0 Å². The largest absolute Gasteiger partial charge is 0.469 e. The number of fused-ring (bicyclic) bond motifs is 1. The van der Waals surface area contributed by atoms with Gasteiger partial charge in [-0.2, -0.15) is 0 Å². The lowest BCUT2D eigenvalue weighted by molar-refractivity contribution is -0.145. The molecule has 170 valence electrons. The van der Waals surface area contributed by atoms with Crippen LogP contribution in [0.5, 0.6) is 0 Å². The van der Waals surface area contributed by atoms with Gasteiger partial charge in [-0.05, 0) is 18.9 Å². The number of aryl methyl sites for hydroxylation is 2. The number of aromatic nitrogens is 3. The van der Waals surface area contributed by atoms with Crippen molar-refractivity contribution in [3.63, 3.8) is 0 Å². The summed E-state index contributed by atoms with van der Waals surface area (Å²) < 4.78 is 12.5. The lowest BCUT2D eigenvalue weighted by Crippen LogP contribution is -2.41. The molecular formula is C21H30N4O6. The highest BCUT2D eigenvalue weighted by molar-refractivity contribution is 5.99. The Bertz CT molecular complexity index is 1090.